The predicted octanol–water partition coefficient (Wildman–Crippen LogP) is 2.93. The first kappa shape index (κ1) is 15.2. The summed E-state index contributed by atoms with van der Waals surface area (Å²) in [5.41, 5.74) is 0.816. The molecule has 22 heavy (non-hydrogen) atoms. The molecule has 1 aromatic heterocycles. The van der Waals surface area contributed by atoms with Crippen molar-refractivity contribution in [2.24, 2.45) is 0 Å². The molecule has 0 N–H and O–H groups in total. The van der Waals surface area contributed by atoms with Crippen LogP contribution in [0.15, 0.2) is 35.5 Å². The van der Waals surface area contributed by atoms with Crippen LogP contribution in [0.1, 0.15) is 49.2 Å². The molecule has 0 aliphatic carbocycles. The molecule has 2 heterocycles. The van der Waals surface area contributed by atoms with Crippen molar-refractivity contribution in [1.82, 2.24) is 14.8 Å². The van der Waals surface area contributed by atoms with Crippen molar-refractivity contribution >= 4 is 9.84 Å². The van der Waals surface area contributed by atoms with Crippen LogP contribution in [0.2, 0.25) is 0 Å². The summed E-state index contributed by atoms with van der Waals surface area (Å²) in [7, 11) is -3.53. The summed E-state index contributed by atoms with van der Waals surface area (Å²) >= 11 is 0. The van der Waals surface area contributed by atoms with Crippen LogP contribution in [0.25, 0.3) is 0 Å². The molecule has 0 bridgehead atoms. The zero-order valence-corrected chi connectivity index (χ0v) is 13.6. The van der Waals surface area contributed by atoms with Gasteiger partial charge in [-0.25, -0.2) is 8.42 Å². The third-order valence-corrected chi connectivity index (χ3v) is 6.41. The van der Waals surface area contributed by atoms with Gasteiger partial charge in [0.15, 0.2) is 0 Å². The standard InChI is InChI=1S/C16H21N3O2S/c1-2-14(13-9-5-3-6-10-13)22(20,21)16-18-17-15-11-7-4-8-12-19(15)16/h3,5-6,9-10,14H,2,4,7-8,11-12H2,1H3. The van der Waals surface area contributed by atoms with E-state index in [1.807, 2.05) is 41.8 Å². The Morgan fingerprint density at radius 3 is 2.64 bits per heavy atom. The Morgan fingerprint density at radius 2 is 1.91 bits per heavy atom. The summed E-state index contributed by atoms with van der Waals surface area (Å²) in [6.07, 6.45) is 4.47. The molecule has 3 rings (SSSR count). The van der Waals surface area contributed by atoms with E-state index in [9.17, 15) is 8.42 Å². The number of fused-ring (bicyclic) bond motifs is 1. The molecule has 1 aliphatic rings. The summed E-state index contributed by atoms with van der Waals surface area (Å²) in [6, 6.07) is 9.37. The Bertz CT molecular complexity index is 738. The van der Waals surface area contributed by atoms with E-state index in [1.165, 1.54) is 0 Å². The van der Waals surface area contributed by atoms with E-state index in [4.69, 9.17) is 0 Å². The number of rotatable bonds is 4. The van der Waals surface area contributed by atoms with Crippen LogP contribution in [0.5, 0.6) is 0 Å². The fraction of sp³-hybridized carbons (Fsp3) is 0.500. The van der Waals surface area contributed by atoms with Crippen molar-refractivity contribution in [3.8, 4) is 0 Å². The molecule has 1 unspecified atom stereocenters. The van der Waals surface area contributed by atoms with Crippen LogP contribution in [-0.2, 0) is 22.8 Å². The minimum Gasteiger partial charge on any atom is -0.302 e. The Labute approximate surface area is 131 Å². The number of aryl methyl sites for hydroxylation is 1. The second-order valence-corrected chi connectivity index (χ2v) is 7.74. The van der Waals surface area contributed by atoms with Gasteiger partial charge in [0.1, 0.15) is 5.82 Å². The van der Waals surface area contributed by atoms with Crippen molar-refractivity contribution in [2.75, 3.05) is 0 Å². The second kappa shape index (κ2) is 6.20. The van der Waals surface area contributed by atoms with Gasteiger partial charge in [-0.15, -0.1) is 10.2 Å². The number of benzene rings is 1. The monoisotopic (exact) mass is 319 g/mol. The lowest BCUT2D eigenvalue weighted by Crippen LogP contribution is -2.19. The van der Waals surface area contributed by atoms with E-state index in [1.54, 1.807) is 0 Å². The Morgan fingerprint density at radius 1 is 1.14 bits per heavy atom. The molecule has 0 saturated carbocycles. The third kappa shape index (κ3) is 2.67. The highest BCUT2D eigenvalue weighted by Gasteiger charge is 2.33. The largest absolute Gasteiger partial charge is 0.302 e. The zero-order valence-electron chi connectivity index (χ0n) is 12.8. The van der Waals surface area contributed by atoms with E-state index in [0.29, 0.717) is 13.0 Å². The number of aromatic nitrogens is 3. The molecule has 0 saturated heterocycles. The summed E-state index contributed by atoms with van der Waals surface area (Å²) in [4.78, 5) is 0. The molecular formula is C16H21N3O2S. The zero-order chi connectivity index (χ0) is 15.6. The van der Waals surface area contributed by atoms with E-state index in [-0.39, 0.29) is 5.16 Å². The third-order valence-electron chi connectivity index (χ3n) is 4.25. The predicted molar refractivity (Wildman–Crippen MR) is 84.2 cm³/mol. The summed E-state index contributed by atoms with van der Waals surface area (Å²) < 4.78 is 28.0. The van der Waals surface area contributed by atoms with Crippen molar-refractivity contribution < 1.29 is 8.42 Å². The van der Waals surface area contributed by atoms with Crippen LogP contribution in [0.4, 0.5) is 0 Å². The highest BCUT2D eigenvalue weighted by molar-refractivity contribution is 7.91. The van der Waals surface area contributed by atoms with Crippen molar-refractivity contribution in [3.63, 3.8) is 0 Å². The van der Waals surface area contributed by atoms with Crippen LogP contribution in [0.3, 0.4) is 0 Å². The van der Waals surface area contributed by atoms with Gasteiger partial charge >= 0.3 is 0 Å². The SMILES string of the molecule is CCC(c1ccccc1)S(=O)(=O)c1nnc2n1CCCCC2. The van der Waals surface area contributed by atoms with E-state index < -0.39 is 15.1 Å². The van der Waals surface area contributed by atoms with Crippen molar-refractivity contribution in [1.29, 1.82) is 0 Å². The van der Waals surface area contributed by atoms with Gasteiger partial charge in [-0.3, -0.25) is 0 Å². The fourth-order valence-electron chi connectivity index (χ4n) is 3.10. The molecule has 2 aromatic rings. The molecule has 1 aromatic carbocycles. The molecule has 0 amide bonds. The van der Waals surface area contributed by atoms with Crippen LogP contribution in [-0.4, -0.2) is 23.2 Å². The maximum Gasteiger partial charge on any atom is 0.250 e. The van der Waals surface area contributed by atoms with Gasteiger partial charge in [0.2, 0.25) is 15.0 Å². The maximum atomic E-state index is 13.1. The van der Waals surface area contributed by atoms with Crippen LogP contribution in [0, 0.1) is 0 Å². The Kier molecular flexibility index (Phi) is 4.29. The summed E-state index contributed by atoms with van der Waals surface area (Å²) in [5, 5.41) is 7.73. The number of hydrogen-bond donors (Lipinski definition) is 0. The van der Waals surface area contributed by atoms with Crippen LogP contribution >= 0.6 is 0 Å². The number of nitrogens with zero attached hydrogens (tertiary/aromatic N) is 3. The van der Waals surface area contributed by atoms with Gasteiger partial charge in [-0.2, -0.15) is 0 Å². The van der Waals surface area contributed by atoms with E-state index >= 15 is 0 Å². The molecule has 5 nitrogen and oxygen atoms in total. The average molecular weight is 319 g/mol. The lowest BCUT2D eigenvalue weighted by Gasteiger charge is -2.16. The quantitative estimate of drug-likeness (QED) is 0.869. The van der Waals surface area contributed by atoms with Gasteiger partial charge in [0, 0.05) is 13.0 Å². The number of hydrogen-bond acceptors (Lipinski definition) is 4. The first-order chi connectivity index (χ1) is 10.6. The summed E-state index contributed by atoms with van der Waals surface area (Å²) in [6.45, 7) is 2.59. The lowest BCUT2D eigenvalue weighted by molar-refractivity contribution is 0.536. The Hall–Kier alpha value is -1.69. The minimum absolute atomic E-state index is 0.139. The minimum atomic E-state index is -3.53. The van der Waals surface area contributed by atoms with Gasteiger partial charge in [0.05, 0.1) is 5.25 Å². The molecule has 1 aliphatic heterocycles. The van der Waals surface area contributed by atoms with Crippen LogP contribution < -0.4 is 0 Å². The van der Waals surface area contributed by atoms with Gasteiger partial charge in [-0.05, 0) is 24.8 Å². The topological polar surface area (TPSA) is 64.8 Å². The molecule has 0 spiro atoms. The second-order valence-electron chi connectivity index (χ2n) is 5.71. The molecular weight excluding hydrogens is 298 g/mol. The molecule has 0 radical (unpaired) electrons. The Balaban J connectivity index is 2.04. The first-order valence-corrected chi connectivity index (χ1v) is 9.40. The summed E-state index contributed by atoms with van der Waals surface area (Å²) in [5.74, 6) is 0.805. The normalized spacial score (nSPS) is 16.8. The van der Waals surface area contributed by atoms with Gasteiger partial charge in [0.25, 0.3) is 0 Å². The molecule has 6 heteroatoms. The van der Waals surface area contributed by atoms with Crippen molar-refractivity contribution in [3.05, 3.63) is 41.7 Å². The fourth-order valence-corrected chi connectivity index (χ4v) is 4.97. The maximum absolute atomic E-state index is 13.1. The highest BCUT2D eigenvalue weighted by Crippen LogP contribution is 2.31. The highest BCUT2D eigenvalue weighted by atomic mass is 32.2. The lowest BCUT2D eigenvalue weighted by atomic mass is 10.1. The van der Waals surface area contributed by atoms with Gasteiger partial charge < -0.3 is 4.57 Å². The van der Waals surface area contributed by atoms with Crippen molar-refractivity contribution in [2.45, 2.75) is 56.0 Å². The van der Waals surface area contributed by atoms with E-state index in [2.05, 4.69) is 10.2 Å². The smallest absolute Gasteiger partial charge is 0.250 e. The van der Waals surface area contributed by atoms with Gasteiger partial charge in [-0.1, -0.05) is 43.7 Å². The number of sulfone groups is 1. The first-order valence-electron chi connectivity index (χ1n) is 7.85. The molecule has 1 atom stereocenters. The van der Waals surface area contributed by atoms with E-state index in [0.717, 1.165) is 37.1 Å². The molecule has 118 valence electrons. The molecule has 0 fully saturated rings. The average Bonchev–Trinajstić information content (AvgIpc) is 2.79.